The number of nitrogens with zero attached hydrogens (tertiary/aromatic N) is 1. The summed E-state index contributed by atoms with van der Waals surface area (Å²) in [6, 6.07) is -6.54. The standard InChI is InChI=1S/C26H43N7O9/c1-12(2)8-18(26(41)42)31-23(38)17(6-7-19(35)36)30-24(39)20(13(3)4)32-25(40)21(14(5)34)33-22(37)16(27)9-15-10-28-11-29-15/h10-14,16-18,20-21,34H,6-9,27H2,1-5H3,(H,28,29)(H,30,39)(H,31,38)(H,32,40)(H,33,37)(H,35,36)(H,41,42)/t14-,16+,17+,18+,20+,21+/m1/s1. The topological polar surface area (TPSA) is 266 Å². The number of imidazole rings is 1. The molecule has 0 spiro atoms. The van der Waals surface area contributed by atoms with E-state index in [0.29, 0.717) is 5.69 Å². The quantitative estimate of drug-likeness (QED) is 0.0915. The van der Waals surface area contributed by atoms with Crippen LogP contribution in [0.1, 0.15) is 59.6 Å². The lowest BCUT2D eigenvalue weighted by molar-refractivity contribution is -0.143. The third-order valence-corrected chi connectivity index (χ3v) is 6.24. The molecule has 10 N–H and O–H groups in total. The lowest BCUT2D eigenvalue weighted by atomic mass is 10.00. The molecular weight excluding hydrogens is 554 g/mol. The largest absolute Gasteiger partial charge is 0.481 e. The first-order chi connectivity index (χ1) is 19.5. The molecule has 1 rings (SSSR count). The second kappa shape index (κ2) is 17.0. The molecule has 1 heterocycles. The molecule has 1 aromatic rings. The molecule has 0 saturated heterocycles. The second-order valence-corrected chi connectivity index (χ2v) is 10.9. The van der Waals surface area contributed by atoms with Crippen LogP contribution in [0.4, 0.5) is 0 Å². The Bertz CT molecular complexity index is 1080. The number of nitrogens with one attached hydrogen (secondary N) is 5. The van der Waals surface area contributed by atoms with Gasteiger partial charge < -0.3 is 47.3 Å². The van der Waals surface area contributed by atoms with Crippen LogP contribution in [0.3, 0.4) is 0 Å². The van der Waals surface area contributed by atoms with Gasteiger partial charge in [-0.15, -0.1) is 0 Å². The molecule has 1 aromatic heterocycles. The third-order valence-electron chi connectivity index (χ3n) is 6.24. The van der Waals surface area contributed by atoms with Crippen LogP contribution in [0.25, 0.3) is 0 Å². The van der Waals surface area contributed by atoms with Gasteiger partial charge in [0, 0.05) is 24.7 Å². The van der Waals surface area contributed by atoms with Crippen molar-refractivity contribution in [3.8, 4) is 0 Å². The van der Waals surface area contributed by atoms with Gasteiger partial charge in [-0.1, -0.05) is 27.7 Å². The molecule has 6 atom stereocenters. The van der Waals surface area contributed by atoms with E-state index in [2.05, 4.69) is 31.2 Å². The second-order valence-electron chi connectivity index (χ2n) is 10.9. The number of rotatable bonds is 18. The van der Waals surface area contributed by atoms with Crippen LogP contribution in [-0.4, -0.2) is 97.2 Å². The number of aromatic amines is 1. The number of carbonyl (C=O) groups is 6. The summed E-state index contributed by atoms with van der Waals surface area (Å²) < 4.78 is 0. The maximum atomic E-state index is 13.2. The number of aliphatic carboxylic acids is 2. The molecule has 0 aromatic carbocycles. The van der Waals surface area contributed by atoms with Gasteiger partial charge in [-0.25, -0.2) is 9.78 Å². The highest BCUT2D eigenvalue weighted by molar-refractivity contribution is 5.95. The number of nitrogens with two attached hydrogens (primary N) is 1. The van der Waals surface area contributed by atoms with E-state index in [-0.39, 0.29) is 25.2 Å². The number of hydrogen-bond acceptors (Lipinski definition) is 9. The third kappa shape index (κ3) is 12.2. The van der Waals surface area contributed by atoms with Crippen LogP contribution in [0.15, 0.2) is 12.5 Å². The minimum atomic E-state index is -1.49. The van der Waals surface area contributed by atoms with Crippen LogP contribution < -0.4 is 27.0 Å². The molecular formula is C26H43N7O9. The maximum Gasteiger partial charge on any atom is 0.326 e. The van der Waals surface area contributed by atoms with Crippen molar-refractivity contribution < 1.29 is 44.1 Å². The fourth-order valence-corrected chi connectivity index (χ4v) is 3.93. The summed E-state index contributed by atoms with van der Waals surface area (Å²) in [6.45, 7) is 7.97. The van der Waals surface area contributed by atoms with Crippen LogP contribution in [0.5, 0.6) is 0 Å². The van der Waals surface area contributed by atoms with Gasteiger partial charge in [0.25, 0.3) is 0 Å². The maximum absolute atomic E-state index is 13.2. The zero-order valence-electron chi connectivity index (χ0n) is 24.4. The van der Waals surface area contributed by atoms with E-state index in [1.54, 1.807) is 27.7 Å². The van der Waals surface area contributed by atoms with Crippen molar-refractivity contribution in [2.75, 3.05) is 0 Å². The summed E-state index contributed by atoms with van der Waals surface area (Å²) in [5.41, 5.74) is 6.49. The molecule has 0 unspecified atom stereocenters. The summed E-state index contributed by atoms with van der Waals surface area (Å²) in [4.78, 5) is 81.3. The van der Waals surface area contributed by atoms with Gasteiger partial charge in [0.05, 0.1) is 18.5 Å². The van der Waals surface area contributed by atoms with Crippen molar-refractivity contribution in [3.05, 3.63) is 18.2 Å². The zero-order chi connectivity index (χ0) is 32.1. The highest BCUT2D eigenvalue weighted by Crippen LogP contribution is 2.09. The van der Waals surface area contributed by atoms with Crippen molar-refractivity contribution in [1.82, 2.24) is 31.2 Å². The minimum Gasteiger partial charge on any atom is -0.481 e. The summed E-state index contributed by atoms with van der Waals surface area (Å²) >= 11 is 0. The zero-order valence-corrected chi connectivity index (χ0v) is 24.4. The Balaban J connectivity index is 3.03. The van der Waals surface area contributed by atoms with Crippen molar-refractivity contribution in [1.29, 1.82) is 0 Å². The molecule has 0 aliphatic heterocycles. The van der Waals surface area contributed by atoms with E-state index in [4.69, 9.17) is 10.8 Å². The van der Waals surface area contributed by atoms with E-state index in [9.17, 15) is 39.0 Å². The molecule has 16 heteroatoms. The Labute approximate surface area is 243 Å². The van der Waals surface area contributed by atoms with Crippen LogP contribution in [0, 0.1) is 11.8 Å². The summed E-state index contributed by atoms with van der Waals surface area (Å²) in [7, 11) is 0. The van der Waals surface area contributed by atoms with Gasteiger partial charge >= 0.3 is 11.9 Å². The first kappa shape index (κ1) is 36.0. The summed E-state index contributed by atoms with van der Waals surface area (Å²) in [5, 5.41) is 38.4. The van der Waals surface area contributed by atoms with Gasteiger partial charge in [-0.3, -0.25) is 24.0 Å². The van der Waals surface area contributed by atoms with Gasteiger partial charge in [0.1, 0.15) is 24.2 Å². The molecule has 0 bridgehead atoms. The van der Waals surface area contributed by atoms with Crippen molar-refractivity contribution in [2.45, 2.75) is 96.6 Å². The Hall–Kier alpha value is -4.05. The molecule has 0 saturated carbocycles. The van der Waals surface area contributed by atoms with E-state index < -0.39 is 84.2 Å². The van der Waals surface area contributed by atoms with E-state index in [0.717, 1.165) is 0 Å². The molecule has 4 amide bonds. The van der Waals surface area contributed by atoms with E-state index in [1.807, 2.05) is 0 Å². The van der Waals surface area contributed by atoms with Crippen molar-refractivity contribution in [2.24, 2.45) is 17.6 Å². The Morgan fingerprint density at radius 2 is 1.43 bits per heavy atom. The SMILES string of the molecule is CC(C)C[C@H](NC(=O)[C@H](CCC(=O)O)NC(=O)[C@@H](NC(=O)[C@@H](NC(=O)[C@@H](N)Cc1cnc[nH]1)[C@@H](C)O)C(C)C)C(=O)O. The summed E-state index contributed by atoms with van der Waals surface area (Å²) in [6.07, 6.45) is 0.837. The number of carbonyl (C=O) groups excluding carboxylic acids is 4. The number of carboxylic acids is 2. The normalized spacial score (nSPS) is 15.5. The first-order valence-electron chi connectivity index (χ1n) is 13.6. The minimum absolute atomic E-state index is 0.0801. The van der Waals surface area contributed by atoms with Crippen LogP contribution in [0.2, 0.25) is 0 Å². The number of H-pyrrole nitrogens is 1. The predicted molar refractivity (Wildman–Crippen MR) is 148 cm³/mol. The molecule has 236 valence electrons. The number of carboxylic acid groups (broad SMARTS) is 2. The Morgan fingerprint density at radius 3 is 1.90 bits per heavy atom. The molecule has 16 nitrogen and oxygen atoms in total. The van der Waals surface area contributed by atoms with Gasteiger partial charge in [-0.05, 0) is 31.6 Å². The number of aliphatic hydroxyl groups excluding tert-OH is 1. The van der Waals surface area contributed by atoms with Crippen LogP contribution >= 0.6 is 0 Å². The van der Waals surface area contributed by atoms with Gasteiger partial charge in [-0.2, -0.15) is 0 Å². The Morgan fingerprint density at radius 1 is 0.857 bits per heavy atom. The average molecular weight is 598 g/mol. The van der Waals surface area contributed by atoms with E-state index in [1.165, 1.54) is 19.4 Å². The first-order valence-corrected chi connectivity index (χ1v) is 13.6. The number of amides is 4. The fraction of sp³-hybridized carbons (Fsp3) is 0.654. The lowest BCUT2D eigenvalue weighted by Crippen LogP contribution is -2.61. The number of hydrogen-bond donors (Lipinski definition) is 9. The van der Waals surface area contributed by atoms with Crippen molar-refractivity contribution >= 4 is 35.6 Å². The molecule has 0 aliphatic rings. The van der Waals surface area contributed by atoms with Gasteiger partial charge in [0.15, 0.2) is 0 Å². The average Bonchev–Trinajstić information content (AvgIpc) is 3.39. The van der Waals surface area contributed by atoms with E-state index >= 15 is 0 Å². The highest BCUT2D eigenvalue weighted by Gasteiger charge is 2.34. The number of aliphatic hydroxyl groups is 1. The fourth-order valence-electron chi connectivity index (χ4n) is 3.93. The molecule has 42 heavy (non-hydrogen) atoms. The number of aromatic nitrogens is 2. The predicted octanol–water partition coefficient (Wildman–Crippen LogP) is -1.75. The Kier molecular flexibility index (Phi) is 14.6. The van der Waals surface area contributed by atoms with Crippen molar-refractivity contribution in [3.63, 3.8) is 0 Å². The molecule has 0 aliphatic carbocycles. The monoisotopic (exact) mass is 597 g/mol. The lowest BCUT2D eigenvalue weighted by Gasteiger charge is -2.29. The van der Waals surface area contributed by atoms with Crippen LogP contribution in [-0.2, 0) is 35.2 Å². The smallest absolute Gasteiger partial charge is 0.326 e. The highest BCUT2D eigenvalue weighted by atomic mass is 16.4. The molecule has 0 radical (unpaired) electrons. The van der Waals surface area contributed by atoms with Gasteiger partial charge in [0.2, 0.25) is 23.6 Å². The summed E-state index contributed by atoms with van der Waals surface area (Å²) in [5.74, 6) is -6.57. The molecule has 0 fully saturated rings.